The summed E-state index contributed by atoms with van der Waals surface area (Å²) >= 11 is 1.51. The third-order valence-electron chi connectivity index (χ3n) is 5.03. The molecule has 166 valence electrons. The van der Waals surface area contributed by atoms with Crippen molar-refractivity contribution in [3.8, 4) is 17.1 Å². The Morgan fingerprint density at radius 1 is 1.19 bits per heavy atom. The highest BCUT2D eigenvalue weighted by molar-refractivity contribution is 7.99. The molecule has 0 saturated carbocycles. The monoisotopic (exact) mass is 452 g/mol. The summed E-state index contributed by atoms with van der Waals surface area (Å²) in [5.41, 5.74) is 3.53. The lowest BCUT2D eigenvalue weighted by atomic mass is 10.0. The van der Waals surface area contributed by atoms with E-state index in [4.69, 9.17) is 4.74 Å². The molecule has 2 aromatic carbocycles. The van der Waals surface area contributed by atoms with Crippen molar-refractivity contribution in [1.29, 1.82) is 0 Å². The Labute approximate surface area is 191 Å². The Kier molecular flexibility index (Phi) is 6.41. The highest BCUT2D eigenvalue weighted by Crippen LogP contribution is 2.44. The summed E-state index contributed by atoms with van der Waals surface area (Å²) in [5.74, 6) is 1.14. The van der Waals surface area contributed by atoms with Crippen LogP contribution in [0.4, 0.5) is 10.1 Å². The van der Waals surface area contributed by atoms with E-state index in [1.54, 1.807) is 24.0 Å². The van der Waals surface area contributed by atoms with E-state index < -0.39 is 6.23 Å². The predicted molar refractivity (Wildman–Crippen MR) is 123 cm³/mol. The van der Waals surface area contributed by atoms with Crippen LogP contribution in [0.5, 0.6) is 5.88 Å². The Morgan fingerprint density at radius 3 is 2.62 bits per heavy atom. The summed E-state index contributed by atoms with van der Waals surface area (Å²) in [5, 5.41) is 9.26. The second-order valence-corrected chi connectivity index (χ2v) is 9.10. The van der Waals surface area contributed by atoms with Crippen molar-refractivity contribution >= 4 is 23.4 Å². The number of ether oxygens (including phenoxy) is 1. The number of aryl methyl sites for hydroxylation is 1. The van der Waals surface area contributed by atoms with Crippen LogP contribution in [0.3, 0.4) is 0 Å². The average molecular weight is 453 g/mol. The van der Waals surface area contributed by atoms with Gasteiger partial charge in [-0.3, -0.25) is 9.69 Å². The van der Waals surface area contributed by atoms with Gasteiger partial charge in [0.15, 0.2) is 5.69 Å². The average Bonchev–Trinajstić information content (AvgIpc) is 2.91. The third kappa shape index (κ3) is 4.46. The number of halogens is 1. The molecule has 1 aliphatic rings. The molecule has 1 aromatic heterocycles. The summed E-state index contributed by atoms with van der Waals surface area (Å²) < 4.78 is 20.0. The fraction of sp³-hybridized carbons (Fsp3) is 0.333. The lowest BCUT2D eigenvalue weighted by Crippen LogP contribution is -2.37. The lowest BCUT2D eigenvalue weighted by Gasteiger charge is -2.30. The topological polar surface area (TPSA) is 68.2 Å². The Hall–Kier alpha value is -3.00. The molecule has 0 bridgehead atoms. The predicted octanol–water partition coefficient (Wildman–Crippen LogP) is 5.57. The molecule has 0 N–H and O–H groups in total. The molecule has 0 spiro atoms. The number of carbonyl (C=O) groups excluding carboxylic acids is 1. The molecule has 3 aromatic rings. The molecular weight excluding hydrogens is 427 g/mol. The molecule has 0 unspecified atom stereocenters. The second-order valence-electron chi connectivity index (χ2n) is 8.11. The van der Waals surface area contributed by atoms with E-state index >= 15 is 0 Å². The maximum absolute atomic E-state index is 13.6. The van der Waals surface area contributed by atoms with E-state index in [0.717, 1.165) is 16.9 Å². The number of benzene rings is 2. The first-order chi connectivity index (χ1) is 15.4. The van der Waals surface area contributed by atoms with Crippen molar-refractivity contribution in [3.05, 3.63) is 59.4 Å². The van der Waals surface area contributed by atoms with Crippen LogP contribution in [0.25, 0.3) is 11.3 Å². The Bertz CT molecular complexity index is 1140. The molecule has 32 heavy (non-hydrogen) atoms. The highest BCUT2D eigenvalue weighted by Gasteiger charge is 2.35. The number of carbonyl (C=O) groups is 1. The standard InChI is InChI=1S/C24H25FN4O2S/c1-5-20(30)29-19-11-6-15(4)12-18(19)21-22(26-24(28-27-21)32-13-14(2)3)31-23(29)16-7-9-17(25)10-8-16/h6-12,14,23H,5,13H2,1-4H3/t23-/m1/s1. The zero-order valence-electron chi connectivity index (χ0n) is 18.5. The van der Waals surface area contributed by atoms with Crippen molar-refractivity contribution in [2.45, 2.75) is 45.5 Å². The van der Waals surface area contributed by atoms with Gasteiger partial charge in [-0.1, -0.05) is 56.3 Å². The van der Waals surface area contributed by atoms with Crippen molar-refractivity contribution in [1.82, 2.24) is 15.2 Å². The van der Waals surface area contributed by atoms with Gasteiger partial charge in [0.2, 0.25) is 23.2 Å². The van der Waals surface area contributed by atoms with Crippen LogP contribution in [0.15, 0.2) is 47.6 Å². The van der Waals surface area contributed by atoms with E-state index in [0.29, 0.717) is 33.9 Å². The molecule has 0 radical (unpaired) electrons. The fourth-order valence-electron chi connectivity index (χ4n) is 3.47. The number of nitrogens with zero attached hydrogens (tertiary/aromatic N) is 4. The van der Waals surface area contributed by atoms with Gasteiger partial charge in [0, 0.05) is 23.3 Å². The molecule has 0 fully saturated rings. The number of aromatic nitrogens is 3. The van der Waals surface area contributed by atoms with Crippen LogP contribution >= 0.6 is 11.8 Å². The summed E-state index contributed by atoms with van der Waals surface area (Å²) in [4.78, 5) is 19.4. The molecule has 1 aliphatic heterocycles. The van der Waals surface area contributed by atoms with Crippen molar-refractivity contribution < 1.29 is 13.9 Å². The van der Waals surface area contributed by atoms with Gasteiger partial charge in [-0.25, -0.2) is 4.39 Å². The maximum atomic E-state index is 13.6. The molecule has 6 nitrogen and oxygen atoms in total. The van der Waals surface area contributed by atoms with E-state index in [1.807, 2.05) is 25.1 Å². The van der Waals surface area contributed by atoms with E-state index in [2.05, 4.69) is 29.0 Å². The number of fused-ring (bicyclic) bond motifs is 3. The molecule has 1 atom stereocenters. The third-order valence-corrected chi connectivity index (χ3v) is 6.30. The van der Waals surface area contributed by atoms with Gasteiger partial charge in [0.25, 0.3) is 0 Å². The summed E-state index contributed by atoms with van der Waals surface area (Å²) in [6.07, 6.45) is -0.537. The van der Waals surface area contributed by atoms with Gasteiger partial charge in [0.1, 0.15) is 5.82 Å². The minimum absolute atomic E-state index is 0.125. The Balaban J connectivity index is 1.90. The van der Waals surface area contributed by atoms with Gasteiger partial charge in [-0.15, -0.1) is 10.2 Å². The summed E-state index contributed by atoms with van der Waals surface area (Å²) in [6, 6.07) is 11.7. The van der Waals surface area contributed by atoms with Gasteiger partial charge >= 0.3 is 0 Å². The first-order valence-corrected chi connectivity index (χ1v) is 11.6. The summed E-state index contributed by atoms with van der Waals surface area (Å²) in [7, 11) is 0. The number of hydrogen-bond donors (Lipinski definition) is 0. The van der Waals surface area contributed by atoms with E-state index in [-0.39, 0.29) is 18.1 Å². The van der Waals surface area contributed by atoms with E-state index in [1.165, 1.54) is 23.9 Å². The van der Waals surface area contributed by atoms with Crippen LogP contribution in [-0.2, 0) is 4.79 Å². The zero-order chi connectivity index (χ0) is 22.8. The smallest absolute Gasteiger partial charge is 0.247 e. The first-order valence-electron chi connectivity index (χ1n) is 10.6. The maximum Gasteiger partial charge on any atom is 0.247 e. The number of hydrogen-bond acceptors (Lipinski definition) is 6. The quantitative estimate of drug-likeness (QED) is 0.472. The molecular formula is C24H25FN4O2S. The number of thioether (sulfide) groups is 1. The number of anilines is 1. The van der Waals surface area contributed by atoms with Gasteiger partial charge in [0.05, 0.1) is 5.69 Å². The zero-order valence-corrected chi connectivity index (χ0v) is 19.3. The highest BCUT2D eigenvalue weighted by atomic mass is 32.2. The van der Waals surface area contributed by atoms with Crippen LogP contribution < -0.4 is 9.64 Å². The molecule has 0 aliphatic carbocycles. The molecule has 1 amide bonds. The fourth-order valence-corrected chi connectivity index (χ4v) is 4.19. The second kappa shape index (κ2) is 9.24. The van der Waals surface area contributed by atoms with Crippen LogP contribution in [0.2, 0.25) is 0 Å². The van der Waals surface area contributed by atoms with Gasteiger partial charge < -0.3 is 4.74 Å². The SMILES string of the molecule is CCC(=O)N1c2ccc(C)cc2-c2nnc(SCC(C)C)nc2O[C@@H]1c1ccc(F)cc1. The van der Waals surface area contributed by atoms with Crippen molar-refractivity contribution in [2.75, 3.05) is 10.7 Å². The van der Waals surface area contributed by atoms with Gasteiger partial charge in [-0.2, -0.15) is 4.98 Å². The van der Waals surface area contributed by atoms with Crippen LogP contribution in [0.1, 0.15) is 44.5 Å². The summed E-state index contributed by atoms with van der Waals surface area (Å²) in [6.45, 7) is 8.02. The minimum atomic E-state index is -0.814. The lowest BCUT2D eigenvalue weighted by molar-refractivity contribution is -0.120. The minimum Gasteiger partial charge on any atom is -0.447 e. The number of amides is 1. The molecule has 4 rings (SSSR count). The largest absolute Gasteiger partial charge is 0.447 e. The van der Waals surface area contributed by atoms with Crippen molar-refractivity contribution in [3.63, 3.8) is 0 Å². The van der Waals surface area contributed by atoms with Gasteiger partial charge in [-0.05, 0) is 37.1 Å². The molecule has 0 saturated heterocycles. The van der Waals surface area contributed by atoms with Crippen LogP contribution in [-0.4, -0.2) is 26.8 Å². The molecule has 8 heteroatoms. The normalized spacial score (nSPS) is 15.1. The Morgan fingerprint density at radius 2 is 1.94 bits per heavy atom. The van der Waals surface area contributed by atoms with Crippen molar-refractivity contribution in [2.24, 2.45) is 5.92 Å². The first kappa shape index (κ1) is 22.2. The number of rotatable bonds is 5. The van der Waals surface area contributed by atoms with E-state index in [9.17, 15) is 9.18 Å². The van der Waals surface area contributed by atoms with Crippen LogP contribution in [0, 0.1) is 18.7 Å². The molecule has 2 heterocycles.